The molecule has 0 saturated carbocycles. The first kappa shape index (κ1) is 27.4. The fraction of sp³-hybridized carbons (Fsp3) is 0. The van der Waals surface area contributed by atoms with E-state index < -0.39 is 0 Å². The van der Waals surface area contributed by atoms with Crippen molar-refractivity contribution in [3.8, 4) is 0 Å². The van der Waals surface area contributed by atoms with Gasteiger partial charge in [-0.3, -0.25) is 4.79 Å². The number of rotatable bonds is 2. The zero-order valence-electron chi connectivity index (χ0n) is 15.7. The monoisotopic (exact) mass is 486 g/mol. The standard InChI is InChI=1S/C13H14N4O.C6H8N2S2.2ClH/c14-9-3-1-7(5-11(9)16)13(18)8-2-4-10(15)12(17)6-8;7-3-1-2-4(8)6(10)5(3)9;;/h1-6H,14-17H2;1-2,9-10H,7-8H2;2*1H. The number of anilines is 6. The molecule has 0 aliphatic carbocycles. The molecule has 162 valence electrons. The van der Waals surface area contributed by atoms with Gasteiger partial charge in [0, 0.05) is 32.3 Å². The van der Waals surface area contributed by atoms with Crippen LogP contribution in [0.3, 0.4) is 0 Å². The molecule has 3 aromatic carbocycles. The van der Waals surface area contributed by atoms with Gasteiger partial charge in [0.2, 0.25) is 0 Å². The van der Waals surface area contributed by atoms with Gasteiger partial charge in [-0.25, -0.2) is 0 Å². The smallest absolute Gasteiger partial charge is 0.193 e. The van der Waals surface area contributed by atoms with E-state index in [2.05, 4.69) is 25.3 Å². The molecular weight excluding hydrogens is 463 g/mol. The van der Waals surface area contributed by atoms with Gasteiger partial charge in [-0.15, -0.1) is 50.1 Å². The number of ketones is 1. The van der Waals surface area contributed by atoms with Crippen molar-refractivity contribution in [1.82, 2.24) is 0 Å². The van der Waals surface area contributed by atoms with E-state index in [1.807, 2.05) is 0 Å². The summed E-state index contributed by atoms with van der Waals surface area (Å²) < 4.78 is 0. The van der Waals surface area contributed by atoms with Crippen molar-refractivity contribution in [2.75, 3.05) is 34.4 Å². The van der Waals surface area contributed by atoms with Gasteiger partial charge in [0.1, 0.15) is 0 Å². The van der Waals surface area contributed by atoms with Gasteiger partial charge in [-0.2, -0.15) is 0 Å². The third-order valence-corrected chi connectivity index (χ3v) is 5.05. The minimum Gasteiger partial charge on any atom is -0.398 e. The van der Waals surface area contributed by atoms with Crippen molar-refractivity contribution in [1.29, 1.82) is 0 Å². The van der Waals surface area contributed by atoms with E-state index in [9.17, 15) is 4.79 Å². The van der Waals surface area contributed by atoms with E-state index >= 15 is 0 Å². The fourth-order valence-corrected chi connectivity index (χ4v) is 2.62. The van der Waals surface area contributed by atoms with Crippen LogP contribution in [0.5, 0.6) is 0 Å². The Kier molecular flexibility index (Phi) is 10.6. The van der Waals surface area contributed by atoms with E-state index in [0.29, 0.717) is 55.0 Å². The molecule has 0 aliphatic rings. The van der Waals surface area contributed by atoms with Crippen molar-refractivity contribution >= 4 is 90.0 Å². The second-order valence-electron chi connectivity index (χ2n) is 5.96. The first-order valence-electron chi connectivity index (χ1n) is 8.02. The van der Waals surface area contributed by atoms with Gasteiger partial charge in [-0.1, -0.05) is 0 Å². The highest BCUT2D eigenvalue weighted by Crippen LogP contribution is 2.29. The Morgan fingerprint density at radius 3 is 1.13 bits per heavy atom. The summed E-state index contributed by atoms with van der Waals surface area (Å²) in [5.74, 6) is -0.173. The maximum atomic E-state index is 12.2. The predicted molar refractivity (Wildman–Crippen MR) is 138 cm³/mol. The molecule has 0 unspecified atom stereocenters. The van der Waals surface area contributed by atoms with Gasteiger partial charge in [-0.05, 0) is 48.5 Å². The molecule has 3 aromatic rings. The number of carbonyl (C=O) groups is 1. The van der Waals surface area contributed by atoms with Crippen molar-refractivity contribution < 1.29 is 4.79 Å². The first-order valence-corrected chi connectivity index (χ1v) is 8.91. The Morgan fingerprint density at radius 1 is 0.533 bits per heavy atom. The molecule has 0 aliphatic heterocycles. The van der Waals surface area contributed by atoms with Crippen molar-refractivity contribution in [2.45, 2.75) is 9.79 Å². The van der Waals surface area contributed by atoms with Crippen LogP contribution in [0.25, 0.3) is 0 Å². The largest absolute Gasteiger partial charge is 0.398 e. The van der Waals surface area contributed by atoms with E-state index in [1.54, 1.807) is 48.5 Å². The highest BCUT2D eigenvalue weighted by Gasteiger charge is 2.11. The summed E-state index contributed by atoms with van der Waals surface area (Å²) in [6.07, 6.45) is 0. The molecule has 0 saturated heterocycles. The molecule has 30 heavy (non-hydrogen) atoms. The van der Waals surface area contributed by atoms with Gasteiger partial charge < -0.3 is 34.4 Å². The molecule has 0 aromatic heterocycles. The number of nitrogens with two attached hydrogens (primary N) is 6. The number of benzene rings is 3. The topological polar surface area (TPSA) is 173 Å². The van der Waals surface area contributed by atoms with E-state index in [0.717, 1.165) is 0 Å². The highest BCUT2D eigenvalue weighted by atomic mass is 35.5. The van der Waals surface area contributed by atoms with Crippen LogP contribution in [0.15, 0.2) is 58.3 Å². The molecule has 0 fully saturated rings. The maximum absolute atomic E-state index is 12.2. The minimum absolute atomic E-state index is 0. The second-order valence-corrected chi connectivity index (χ2v) is 6.85. The van der Waals surface area contributed by atoms with Crippen LogP contribution in [-0.4, -0.2) is 5.78 Å². The number of thiol groups is 2. The minimum atomic E-state index is -0.173. The highest BCUT2D eigenvalue weighted by molar-refractivity contribution is 7.83. The average Bonchev–Trinajstić information content (AvgIpc) is 2.67. The molecule has 3 rings (SSSR count). The van der Waals surface area contributed by atoms with Crippen LogP contribution < -0.4 is 34.4 Å². The lowest BCUT2D eigenvalue weighted by Gasteiger charge is -2.06. The van der Waals surface area contributed by atoms with Gasteiger partial charge in [0.25, 0.3) is 0 Å². The molecular formula is C19H24Cl2N6OS2. The lowest BCUT2D eigenvalue weighted by atomic mass is 10.0. The maximum Gasteiger partial charge on any atom is 0.193 e. The molecule has 0 bridgehead atoms. The quantitative estimate of drug-likeness (QED) is 0.155. The lowest BCUT2D eigenvalue weighted by Crippen LogP contribution is -2.05. The predicted octanol–water partition coefficient (Wildman–Crippen LogP) is 3.52. The normalized spacial score (nSPS) is 9.40. The van der Waals surface area contributed by atoms with Crippen LogP contribution in [0.4, 0.5) is 34.1 Å². The number of carbonyl (C=O) groups excluding carboxylic acids is 1. The third-order valence-electron chi connectivity index (χ3n) is 3.91. The van der Waals surface area contributed by atoms with Crippen molar-refractivity contribution in [3.63, 3.8) is 0 Å². The molecule has 0 radical (unpaired) electrons. The van der Waals surface area contributed by atoms with Gasteiger partial charge >= 0.3 is 0 Å². The number of halogens is 2. The van der Waals surface area contributed by atoms with Gasteiger partial charge in [0.05, 0.1) is 22.7 Å². The SMILES string of the molecule is Cl.Cl.Nc1ccc(C(=O)c2ccc(N)c(N)c2)cc1N.Nc1ccc(N)c(S)c1S. The Bertz CT molecular complexity index is 969. The van der Waals surface area contributed by atoms with Crippen molar-refractivity contribution in [3.05, 3.63) is 59.7 Å². The Labute approximate surface area is 198 Å². The first-order chi connectivity index (χ1) is 13.1. The molecule has 0 spiro atoms. The van der Waals surface area contributed by atoms with Crippen molar-refractivity contribution in [2.24, 2.45) is 0 Å². The Hall–Kier alpha value is -2.59. The molecule has 12 N–H and O–H groups in total. The summed E-state index contributed by atoms with van der Waals surface area (Å²) >= 11 is 8.20. The van der Waals surface area contributed by atoms with Crippen LogP contribution in [0.1, 0.15) is 15.9 Å². The lowest BCUT2D eigenvalue weighted by molar-refractivity contribution is 0.103. The summed E-state index contributed by atoms with van der Waals surface area (Å²) in [5, 5.41) is 0. The zero-order valence-corrected chi connectivity index (χ0v) is 19.1. The average molecular weight is 487 g/mol. The Morgan fingerprint density at radius 2 is 0.833 bits per heavy atom. The number of hydrogen-bond acceptors (Lipinski definition) is 9. The molecule has 0 heterocycles. The molecule has 7 nitrogen and oxygen atoms in total. The number of nitrogen functional groups attached to an aromatic ring is 6. The number of hydrogen-bond donors (Lipinski definition) is 8. The van der Waals surface area contributed by atoms with Crippen LogP contribution in [0.2, 0.25) is 0 Å². The summed E-state index contributed by atoms with van der Waals surface area (Å²) in [6, 6.07) is 13.0. The van der Waals surface area contributed by atoms with E-state index in [-0.39, 0.29) is 30.6 Å². The van der Waals surface area contributed by atoms with Crippen LogP contribution >= 0.6 is 50.1 Å². The molecule has 0 atom stereocenters. The summed E-state index contributed by atoms with van der Waals surface area (Å²) in [4.78, 5) is 13.5. The Balaban J connectivity index is 0.000000604. The molecule has 0 amide bonds. The van der Waals surface area contributed by atoms with Gasteiger partial charge in [0.15, 0.2) is 5.78 Å². The zero-order chi connectivity index (χ0) is 21.0. The summed E-state index contributed by atoms with van der Waals surface area (Å²) in [7, 11) is 0. The van der Waals surface area contributed by atoms with E-state index in [1.165, 1.54) is 0 Å². The van der Waals surface area contributed by atoms with Crippen LogP contribution in [0, 0.1) is 0 Å². The third kappa shape index (κ3) is 6.46. The summed E-state index contributed by atoms with van der Waals surface area (Å²) in [6.45, 7) is 0. The summed E-state index contributed by atoms with van der Waals surface area (Å²) in [5.41, 5.74) is 37.3. The second kappa shape index (κ2) is 11.6. The fourth-order valence-electron chi connectivity index (χ4n) is 2.21. The van der Waals surface area contributed by atoms with Crippen LogP contribution in [-0.2, 0) is 0 Å². The van der Waals surface area contributed by atoms with E-state index in [4.69, 9.17) is 34.4 Å². The molecule has 11 heteroatoms.